The molecule has 1 unspecified atom stereocenters. The summed E-state index contributed by atoms with van der Waals surface area (Å²) in [5.74, 6) is -0.331. The van der Waals surface area contributed by atoms with Crippen molar-refractivity contribution in [1.82, 2.24) is 0 Å². The van der Waals surface area contributed by atoms with Gasteiger partial charge in [0.05, 0.1) is 17.2 Å². The minimum atomic E-state index is -4.45. The van der Waals surface area contributed by atoms with Crippen LogP contribution < -0.4 is 0 Å². The molecule has 0 saturated carbocycles. The molecule has 1 rings (SSSR count). The summed E-state index contributed by atoms with van der Waals surface area (Å²) in [4.78, 5) is 11.0. The van der Waals surface area contributed by atoms with E-state index in [0.29, 0.717) is 18.4 Å². The Morgan fingerprint density at radius 1 is 1.40 bits per heavy atom. The Bertz CT molecular complexity index is 472. The van der Waals surface area contributed by atoms with Crippen LogP contribution in [0, 0.1) is 0 Å². The molecule has 1 aromatic carbocycles. The third-order valence-electron chi connectivity index (χ3n) is 2.97. The highest BCUT2D eigenvalue weighted by Crippen LogP contribution is 2.36. The molecule has 0 heterocycles. The van der Waals surface area contributed by atoms with Crippen LogP contribution in [0.5, 0.6) is 0 Å². The van der Waals surface area contributed by atoms with Gasteiger partial charge in [-0.1, -0.05) is 31.5 Å². The van der Waals surface area contributed by atoms with Gasteiger partial charge in [-0.2, -0.15) is 13.2 Å². The van der Waals surface area contributed by atoms with Gasteiger partial charge in [0, 0.05) is 6.42 Å². The van der Waals surface area contributed by atoms with Gasteiger partial charge in [-0.3, -0.25) is 4.79 Å². The van der Waals surface area contributed by atoms with Crippen molar-refractivity contribution in [2.75, 3.05) is 6.61 Å². The van der Waals surface area contributed by atoms with E-state index in [2.05, 4.69) is 0 Å². The Morgan fingerprint density at radius 3 is 2.55 bits per heavy atom. The largest absolute Gasteiger partial charge is 0.466 e. The van der Waals surface area contributed by atoms with E-state index < -0.39 is 11.7 Å². The predicted octanol–water partition coefficient (Wildman–Crippen LogP) is 4.81. The third kappa shape index (κ3) is 4.71. The van der Waals surface area contributed by atoms with Gasteiger partial charge in [0.1, 0.15) is 0 Å². The smallest absolute Gasteiger partial charge is 0.417 e. The zero-order valence-electron chi connectivity index (χ0n) is 11.3. The van der Waals surface area contributed by atoms with Crippen LogP contribution in [0.4, 0.5) is 13.2 Å². The monoisotopic (exact) mass is 308 g/mol. The Hall–Kier alpha value is -1.23. The number of carbonyl (C=O) groups excluding carboxylic acids is 1. The lowest BCUT2D eigenvalue weighted by Gasteiger charge is -2.15. The molecule has 2 nitrogen and oxygen atoms in total. The molecular weight excluding hydrogens is 293 g/mol. The van der Waals surface area contributed by atoms with Crippen molar-refractivity contribution in [2.45, 2.75) is 38.8 Å². The van der Waals surface area contributed by atoms with Crippen molar-refractivity contribution in [1.29, 1.82) is 0 Å². The van der Waals surface area contributed by atoms with Gasteiger partial charge in [-0.15, -0.1) is 0 Å². The molecule has 0 N–H and O–H groups in total. The lowest BCUT2D eigenvalue weighted by molar-refractivity contribution is -0.143. The second-order valence-electron chi connectivity index (χ2n) is 4.50. The third-order valence-corrected chi connectivity index (χ3v) is 3.28. The number of alkyl halides is 3. The molecule has 112 valence electrons. The molecule has 0 amide bonds. The fourth-order valence-electron chi connectivity index (χ4n) is 1.69. The molecule has 0 saturated heterocycles. The van der Waals surface area contributed by atoms with E-state index in [1.807, 2.05) is 6.92 Å². The molecule has 0 aliphatic rings. The fourth-order valence-corrected chi connectivity index (χ4v) is 1.98. The van der Waals surface area contributed by atoms with Crippen LogP contribution >= 0.6 is 11.6 Å². The first kappa shape index (κ1) is 16.8. The first-order valence-corrected chi connectivity index (χ1v) is 6.65. The highest BCUT2D eigenvalue weighted by molar-refractivity contribution is 6.31. The van der Waals surface area contributed by atoms with E-state index >= 15 is 0 Å². The number of ether oxygens (including phenoxy) is 1. The molecule has 0 bridgehead atoms. The number of hydrogen-bond donors (Lipinski definition) is 0. The Kier molecular flexibility index (Phi) is 5.87. The lowest BCUT2D eigenvalue weighted by atomic mass is 9.97. The van der Waals surface area contributed by atoms with Crippen molar-refractivity contribution in [3.8, 4) is 0 Å². The minimum absolute atomic E-state index is 0.0422. The van der Waals surface area contributed by atoms with Gasteiger partial charge in [-0.05, 0) is 30.0 Å². The highest BCUT2D eigenvalue weighted by Gasteiger charge is 2.33. The number of esters is 1. The number of hydrogen-bond acceptors (Lipinski definition) is 2. The van der Waals surface area contributed by atoms with Crippen LogP contribution in [0.1, 0.15) is 43.7 Å². The second kappa shape index (κ2) is 6.97. The fraction of sp³-hybridized carbons (Fsp3) is 0.500. The number of carbonyl (C=O) groups is 1. The van der Waals surface area contributed by atoms with Crippen LogP contribution in [-0.2, 0) is 15.7 Å². The van der Waals surface area contributed by atoms with Crippen molar-refractivity contribution < 1.29 is 22.7 Å². The van der Waals surface area contributed by atoms with E-state index in [1.165, 1.54) is 12.1 Å². The van der Waals surface area contributed by atoms with Gasteiger partial charge < -0.3 is 4.74 Å². The molecule has 0 aliphatic heterocycles. The zero-order chi connectivity index (χ0) is 15.3. The van der Waals surface area contributed by atoms with Crippen LogP contribution in [0.2, 0.25) is 5.02 Å². The standard InChI is InChI=1S/C14H16ClF3O2/c1-3-13(19)20-7-6-9(2)10-4-5-11(12(15)8-10)14(16,17)18/h4-5,8-9H,3,6-7H2,1-2H3. The summed E-state index contributed by atoms with van der Waals surface area (Å²) in [6.07, 6.45) is -3.61. The first-order valence-electron chi connectivity index (χ1n) is 6.28. The molecule has 20 heavy (non-hydrogen) atoms. The van der Waals surface area contributed by atoms with Crippen molar-refractivity contribution in [3.05, 3.63) is 34.3 Å². The summed E-state index contributed by atoms with van der Waals surface area (Å²) in [5.41, 5.74) is -0.150. The summed E-state index contributed by atoms with van der Waals surface area (Å²) < 4.78 is 42.6. The van der Waals surface area contributed by atoms with E-state index in [1.54, 1.807) is 6.92 Å². The topological polar surface area (TPSA) is 26.3 Å². The number of halogens is 4. The molecule has 0 fully saturated rings. The SMILES string of the molecule is CCC(=O)OCCC(C)c1ccc(C(F)(F)F)c(Cl)c1. The van der Waals surface area contributed by atoms with Gasteiger partial charge >= 0.3 is 12.1 Å². The van der Waals surface area contributed by atoms with Gasteiger partial charge in [-0.25, -0.2) is 0 Å². The summed E-state index contributed by atoms with van der Waals surface area (Å²) in [7, 11) is 0. The minimum Gasteiger partial charge on any atom is -0.466 e. The Balaban J connectivity index is 2.68. The summed E-state index contributed by atoms with van der Waals surface area (Å²) in [6, 6.07) is 3.70. The van der Waals surface area contributed by atoms with Crippen LogP contribution in [0.25, 0.3) is 0 Å². The molecule has 6 heteroatoms. The molecule has 1 aromatic rings. The van der Waals surface area contributed by atoms with Crippen molar-refractivity contribution in [3.63, 3.8) is 0 Å². The van der Waals surface area contributed by atoms with E-state index in [-0.39, 0.29) is 23.5 Å². The molecule has 0 aliphatic carbocycles. The lowest BCUT2D eigenvalue weighted by Crippen LogP contribution is -2.08. The maximum atomic E-state index is 12.6. The van der Waals surface area contributed by atoms with E-state index in [4.69, 9.17) is 16.3 Å². The maximum absolute atomic E-state index is 12.6. The Labute approximate surface area is 120 Å². The highest BCUT2D eigenvalue weighted by atomic mass is 35.5. The van der Waals surface area contributed by atoms with Gasteiger partial charge in [0.15, 0.2) is 0 Å². The normalized spacial score (nSPS) is 13.1. The molecular formula is C14H16ClF3O2. The van der Waals surface area contributed by atoms with Crippen LogP contribution in [0.3, 0.4) is 0 Å². The van der Waals surface area contributed by atoms with E-state index in [0.717, 1.165) is 6.07 Å². The van der Waals surface area contributed by atoms with Crippen molar-refractivity contribution >= 4 is 17.6 Å². The molecule has 0 aromatic heterocycles. The van der Waals surface area contributed by atoms with Crippen LogP contribution in [0.15, 0.2) is 18.2 Å². The predicted molar refractivity (Wildman–Crippen MR) is 70.7 cm³/mol. The van der Waals surface area contributed by atoms with Crippen LogP contribution in [-0.4, -0.2) is 12.6 Å². The number of benzene rings is 1. The average molecular weight is 309 g/mol. The second-order valence-corrected chi connectivity index (χ2v) is 4.91. The molecule has 0 radical (unpaired) electrons. The van der Waals surface area contributed by atoms with E-state index in [9.17, 15) is 18.0 Å². The number of rotatable bonds is 5. The summed E-state index contributed by atoms with van der Waals surface area (Å²) >= 11 is 5.66. The quantitative estimate of drug-likeness (QED) is 0.730. The summed E-state index contributed by atoms with van der Waals surface area (Å²) in [6.45, 7) is 3.78. The average Bonchev–Trinajstić information content (AvgIpc) is 2.36. The zero-order valence-corrected chi connectivity index (χ0v) is 12.0. The van der Waals surface area contributed by atoms with Gasteiger partial charge in [0.25, 0.3) is 0 Å². The first-order chi connectivity index (χ1) is 9.25. The summed E-state index contributed by atoms with van der Waals surface area (Å²) in [5, 5.41) is -0.313. The maximum Gasteiger partial charge on any atom is 0.417 e. The molecule has 0 spiro atoms. The van der Waals surface area contributed by atoms with Crippen molar-refractivity contribution in [2.24, 2.45) is 0 Å². The molecule has 1 atom stereocenters. The van der Waals surface area contributed by atoms with Gasteiger partial charge in [0.2, 0.25) is 0 Å². The Morgan fingerprint density at radius 2 is 2.05 bits per heavy atom.